The van der Waals surface area contributed by atoms with E-state index in [4.69, 9.17) is 0 Å². The van der Waals surface area contributed by atoms with Gasteiger partial charge in [-0.1, -0.05) is 18.7 Å². The molecule has 1 aliphatic rings. The van der Waals surface area contributed by atoms with Crippen molar-refractivity contribution in [1.82, 2.24) is 24.4 Å². The van der Waals surface area contributed by atoms with Gasteiger partial charge in [0, 0.05) is 43.9 Å². The Kier molecular flexibility index (Phi) is 5.86. The van der Waals surface area contributed by atoms with Gasteiger partial charge in [-0.3, -0.25) is 4.90 Å². The zero-order valence-electron chi connectivity index (χ0n) is 14.3. The smallest absolute Gasteiger partial charge is 0.187 e. The molecule has 0 spiro atoms. The Bertz CT molecular complexity index is 637. The van der Waals surface area contributed by atoms with E-state index in [9.17, 15) is 5.11 Å². The number of nitrogens with zero attached hydrogens (tertiary/aromatic N) is 5. The molecule has 130 valence electrons. The van der Waals surface area contributed by atoms with Gasteiger partial charge >= 0.3 is 0 Å². The maximum absolute atomic E-state index is 10.5. The highest BCUT2D eigenvalue weighted by molar-refractivity contribution is 7.99. The monoisotopic (exact) mass is 347 g/mol. The van der Waals surface area contributed by atoms with Crippen molar-refractivity contribution in [1.29, 1.82) is 0 Å². The molecule has 2 aromatic heterocycles. The zero-order valence-corrected chi connectivity index (χ0v) is 15.1. The molecule has 1 N–H and O–H groups in total. The number of hydrogen-bond acceptors (Lipinski definition) is 6. The van der Waals surface area contributed by atoms with Crippen molar-refractivity contribution in [2.45, 2.75) is 37.6 Å². The number of imidazole rings is 1. The minimum atomic E-state index is -0.471. The first kappa shape index (κ1) is 17.4. The molecule has 0 aliphatic carbocycles. The fourth-order valence-corrected chi connectivity index (χ4v) is 3.70. The molecular weight excluding hydrogens is 322 g/mol. The highest BCUT2D eigenvalue weighted by Gasteiger charge is 2.28. The van der Waals surface area contributed by atoms with Gasteiger partial charge in [0.2, 0.25) is 0 Å². The first-order chi connectivity index (χ1) is 11.7. The van der Waals surface area contributed by atoms with Crippen LogP contribution in [-0.4, -0.2) is 48.4 Å². The molecule has 24 heavy (non-hydrogen) atoms. The second kappa shape index (κ2) is 8.09. The number of aryl methyl sites for hydroxylation is 1. The summed E-state index contributed by atoms with van der Waals surface area (Å²) in [5.41, 5.74) is 1.15. The molecule has 2 aromatic rings. The van der Waals surface area contributed by atoms with Crippen LogP contribution in [0.4, 0.5) is 0 Å². The van der Waals surface area contributed by atoms with Crippen molar-refractivity contribution in [2.75, 3.05) is 18.8 Å². The van der Waals surface area contributed by atoms with Gasteiger partial charge in [-0.25, -0.2) is 15.0 Å². The Labute approximate surface area is 147 Å². The van der Waals surface area contributed by atoms with Crippen LogP contribution in [0.3, 0.4) is 0 Å². The lowest BCUT2D eigenvalue weighted by Gasteiger charge is -2.33. The number of hydrogen-bond donors (Lipinski definition) is 1. The quantitative estimate of drug-likeness (QED) is 0.639. The molecule has 6 nitrogen and oxygen atoms in total. The van der Waals surface area contributed by atoms with Gasteiger partial charge in [0.25, 0.3) is 0 Å². The molecule has 0 aromatic carbocycles. The predicted octanol–water partition coefficient (Wildman–Crippen LogP) is 2.27. The average Bonchev–Trinajstić information content (AvgIpc) is 3.03. The van der Waals surface area contributed by atoms with Crippen molar-refractivity contribution < 1.29 is 5.11 Å². The number of thioether (sulfide) groups is 1. The first-order valence-electron chi connectivity index (χ1n) is 8.48. The van der Waals surface area contributed by atoms with Crippen LogP contribution in [0.1, 0.15) is 37.3 Å². The molecule has 1 fully saturated rings. The van der Waals surface area contributed by atoms with Crippen molar-refractivity contribution in [3.63, 3.8) is 0 Å². The van der Waals surface area contributed by atoms with E-state index in [1.165, 1.54) is 0 Å². The standard InChI is InChI=1S/C17H25N5OS/c1-3-24-17-19-10-13(11-20-17)12-22-7-4-14(5-8-22)15(23)16-18-6-9-21(16)2/h6,9-11,14-15,23H,3-5,7-8,12H2,1-2H3. The summed E-state index contributed by atoms with van der Waals surface area (Å²) in [5.74, 6) is 2.04. The normalized spacial score (nSPS) is 18.0. The lowest BCUT2D eigenvalue weighted by atomic mass is 9.90. The minimum absolute atomic E-state index is 0.280. The maximum Gasteiger partial charge on any atom is 0.187 e. The fourth-order valence-electron chi connectivity index (χ4n) is 3.19. The summed E-state index contributed by atoms with van der Waals surface area (Å²) >= 11 is 1.66. The van der Waals surface area contributed by atoms with E-state index in [0.29, 0.717) is 0 Å². The van der Waals surface area contributed by atoms with Crippen LogP contribution in [-0.2, 0) is 13.6 Å². The maximum atomic E-state index is 10.5. The SMILES string of the molecule is CCSc1ncc(CN2CCC(C(O)c3nccn3C)CC2)cn1. The molecule has 1 unspecified atom stereocenters. The minimum Gasteiger partial charge on any atom is -0.385 e. The van der Waals surface area contributed by atoms with E-state index in [1.807, 2.05) is 30.2 Å². The fraction of sp³-hybridized carbons (Fsp3) is 0.588. The Hall–Kier alpha value is -1.44. The molecule has 1 atom stereocenters. The Morgan fingerprint density at radius 1 is 1.25 bits per heavy atom. The summed E-state index contributed by atoms with van der Waals surface area (Å²) in [6.45, 7) is 4.95. The third-order valence-electron chi connectivity index (χ3n) is 4.56. The number of piperidine rings is 1. The molecule has 0 radical (unpaired) electrons. The zero-order chi connectivity index (χ0) is 16.9. The predicted molar refractivity (Wildman–Crippen MR) is 94.6 cm³/mol. The molecular formula is C17H25N5OS. The van der Waals surface area contributed by atoms with Gasteiger partial charge in [-0.15, -0.1) is 0 Å². The van der Waals surface area contributed by atoms with Gasteiger partial charge in [0.1, 0.15) is 11.9 Å². The molecule has 0 bridgehead atoms. The van der Waals surface area contributed by atoms with Gasteiger partial charge in [-0.05, 0) is 37.6 Å². The molecule has 0 amide bonds. The van der Waals surface area contributed by atoms with Gasteiger partial charge in [0.15, 0.2) is 5.16 Å². The average molecular weight is 347 g/mol. The Balaban J connectivity index is 1.51. The van der Waals surface area contributed by atoms with Gasteiger partial charge in [0.05, 0.1) is 0 Å². The second-order valence-electron chi connectivity index (χ2n) is 6.26. The van der Waals surface area contributed by atoms with E-state index in [2.05, 4.69) is 26.8 Å². The van der Waals surface area contributed by atoms with Crippen LogP contribution in [0.15, 0.2) is 29.9 Å². The Morgan fingerprint density at radius 3 is 2.54 bits per heavy atom. The van der Waals surface area contributed by atoms with E-state index in [-0.39, 0.29) is 5.92 Å². The van der Waals surface area contributed by atoms with E-state index in [0.717, 1.165) is 54.8 Å². The summed E-state index contributed by atoms with van der Waals surface area (Å²) in [5, 5.41) is 11.4. The van der Waals surface area contributed by atoms with E-state index >= 15 is 0 Å². The third kappa shape index (κ3) is 4.15. The topological polar surface area (TPSA) is 67.1 Å². The third-order valence-corrected chi connectivity index (χ3v) is 5.32. The summed E-state index contributed by atoms with van der Waals surface area (Å²) in [4.78, 5) is 15.5. The molecule has 3 rings (SSSR count). The van der Waals surface area contributed by atoms with Crippen LogP contribution in [0.5, 0.6) is 0 Å². The van der Waals surface area contributed by atoms with Crippen molar-refractivity contribution >= 4 is 11.8 Å². The van der Waals surface area contributed by atoms with E-state index in [1.54, 1.807) is 18.0 Å². The molecule has 3 heterocycles. The largest absolute Gasteiger partial charge is 0.385 e. The number of aromatic nitrogens is 4. The van der Waals surface area contributed by atoms with Crippen molar-refractivity contribution in [3.05, 3.63) is 36.2 Å². The highest BCUT2D eigenvalue weighted by atomic mass is 32.2. The first-order valence-corrected chi connectivity index (χ1v) is 9.47. The van der Waals surface area contributed by atoms with Gasteiger partial charge in [-0.2, -0.15) is 0 Å². The summed E-state index contributed by atoms with van der Waals surface area (Å²) < 4.78 is 1.91. The van der Waals surface area contributed by atoms with Crippen LogP contribution >= 0.6 is 11.8 Å². The van der Waals surface area contributed by atoms with E-state index < -0.39 is 6.10 Å². The van der Waals surface area contributed by atoms with Crippen molar-refractivity contribution in [2.24, 2.45) is 13.0 Å². The summed E-state index contributed by atoms with van der Waals surface area (Å²) in [6, 6.07) is 0. The second-order valence-corrected chi connectivity index (χ2v) is 7.49. The van der Waals surface area contributed by atoms with Crippen molar-refractivity contribution in [3.8, 4) is 0 Å². The number of likely N-dealkylation sites (tertiary alicyclic amines) is 1. The number of aliphatic hydroxyl groups is 1. The van der Waals surface area contributed by atoms with Crippen LogP contribution in [0.2, 0.25) is 0 Å². The summed E-state index contributed by atoms with van der Waals surface area (Å²) in [7, 11) is 1.93. The molecule has 1 saturated heterocycles. The molecule has 1 aliphatic heterocycles. The number of rotatable bonds is 6. The van der Waals surface area contributed by atoms with Crippen LogP contribution in [0.25, 0.3) is 0 Å². The molecule has 7 heteroatoms. The Morgan fingerprint density at radius 2 is 1.96 bits per heavy atom. The number of aliphatic hydroxyl groups excluding tert-OH is 1. The van der Waals surface area contributed by atoms with Crippen LogP contribution in [0, 0.1) is 5.92 Å². The lowest BCUT2D eigenvalue weighted by molar-refractivity contribution is 0.0491. The van der Waals surface area contributed by atoms with Gasteiger partial charge < -0.3 is 9.67 Å². The molecule has 0 saturated carbocycles. The van der Waals surface area contributed by atoms with Crippen LogP contribution < -0.4 is 0 Å². The highest BCUT2D eigenvalue weighted by Crippen LogP contribution is 2.30. The summed E-state index contributed by atoms with van der Waals surface area (Å²) in [6.07, 6.45) is 8.99. The lowest BCUT2D eigenvalue weighted by Crippen LogP contribution is -2.35.